The first kappa shape index (κ1) is 38.0. The van der Waals surface area contributed by atoms with Crippen LogP contribution < -0.4 is 65.8 Å². The Balaban J connectivity index is 0.000000303. The second-order valence-corrected chi connectivity index (χ2v) is 24.8. The van der Waals surface area contributed by atoms with Crippen molar-refractivity contribution in [3.63, 3.8) is 0 Å². The fourth-order valence-corrected chi connectivity index (χ4v) is 7.64. The minimum atomic E-state index is -4.22. The second-order valence-electron chi connectivity index (χ2n) is 24.8. The number of hydrogen-bond donors (Lipinski definition) is 16. The van der Waals surface area contributed by atoms with Crippen LogP contribution in [0, 0.1) is 23.6 Å². The molecule has 512 valence electrons. The molecule has 20 N–H and O–H groups in total. The summed E-state index contributed by atoms with van der Waals surface area (Å²) in [6.07, 6.45) is -40.7. The highest BCUT2D eigenvalue weighted by Gasteiger charge is 2.31. The lowest BCUT2D eigenvalue weighted by Crippen LogP contribution is -2.36. The molecule has 28 nitrogen and oxygen atoms in total. The van der Waals surface area contributed by atoms with Crippen molar-refractivity contribution in [1.29, 1.82) is 0 Å². The fourth-order valence-electron chi connectivity index (χ4n) is 7.64. The Hall–Kier alpha value is -7.56. The number of aromatic nitrogens is 8. The summed E-state index contributed by atoms with van der Waals surface area (Å²) in [4.78, 5) is 84.9. The zero-order chi connectivity index (χ0) is 100. The number of aliphatic hydroxyl groups is 4. The Bertz CT molecular complexity index is 4890. The van der Waals surface area contributed by atoms with E-state index in [-0.39, 0.29) is 46.2 Å². The van der Waals surface area contributed by atoms with Gasteiger partial charge in [-0.1, -0.05) is 27.4 Å². The molecule has 4 saturated carbocycles. The van der Waals surface area contributed by atoms with E-state index in [4.69, 9.17) is 72.3 Å². The molecule has 4 aliphatic carbocycles. The largest absolute Gasteiger partial charge is 0.393 e. The number of nitrogens with one attached hydrogen (secondary N) is 8. The van der Waals surface area contributed by atoms with Gasteiger partial charge in [0.15, 0.2) is 0 Å². The average Bonchev–Trinajstić information content (AvgIpc) is 0.648. The Morgan fingerprint density at radius 2 is 0.967 bits per heavy atom. The standard InChI is InChI=1S/4C16H27N5O2/c4*1-9-5-6-10(7-12(9)22)19-14-11(13(17)23)8-18-15(20-14)21-16(2,3)4/h4*8-10,12,22H,5-7H2,1-4H3,(H2,17,23)(H2,18,19,20,21)/i1D3,5D2,6D2,7D2,9D,10D,12D;1D3,5D2,6D2,8D,12D;1D3,5D2,8D,12D;1D3,5D2,7D2,12D. The maximum atomic E-state index is 11.9. The second kappa shape index (κ2) is 32.3. The van der Waals surface area contributed by atoms with Gasteiger partial charge in [0.2, 0.25) is 23.8 Å². The molecule has 4 fully saturated rings. The zero-order valence-electron chi connectivity index (χ0n) is 88.8. The summed E-state index contributed by atoms with van der Waals surface area (Å²) in [6.45, 7) is 8.43. The third-order valence-electron chi connectivity index (χ3n) is 11.6. The molecule has 0 aromatic carbocycles. The van der Waals surface area contributed by atoms with Crippen LogP contribution in [0.3, 0.4) is 0 Å². The van der Waals surface area contributed by atoms with Crippen molar-refractivity contribution >= 4 is 59.1 Å². The lowest BCUT2D eigenvalue weighted by molar-refractivity contribution is 0.0702. The molecule has 0 spiro atoms. The lowest BCUT2D eigenvalue weighted by Gasteiger charge is -2.32. The van der Waals surface area contributed by atoms with E-state index in [9.17, 15) is 39.6 Å². The van der Waals surface area contributed by atoms with Gasteiger partial charge in [-0.2, -0.15) is 9.97 Å². The number of hydrogen-bond acceptors (Lipinski definition) is 22. The lowest BCUT2D eigenvalue weighted by atomic mass is 9.85. The van der Waals surface area contributed by atoms with E-state index in [1.807, 2.05) is 46.9 Å². The SMILES string of the molecule is [2H]C([2H])([2H])C1([2H])C([2H])([2H])C([2H])([2H])C([2H])(Nc2nc(NC(C)(C)C)ncc2C(N)=O)C([2H])([2H])C1([2H])O.[2H]C([2H])([2H])C1C([2H])([2H])CC(Nc2nc(NC(C)(C)C)ncc2C(N)=O)C([2H])([2H])C1([2H])O.[2H]c1nc(NC(C)(C)C)[nH]c(=NC2CC([2H])(O)C(C([2H])([2H])[2H])C([2H])([2H])C2([2H])[2H])c1C(N)=O.[2H]c1nc(NC(C)(C)C)[nH]c(=NC2CC([2H])([2H])C(C([2H])([2H])[2H])C([2H])(O)C2)c1C(N)=O. The highest BCUT2D eigenvalue weighted by molar-refractivity contribution is 5.98. The van der Waals surface area contributed by atoms with Crippen LogP contribution in [0.25, 0.3) is 0 Å². The Kier molecular flexibility index (Phi) is 13.3. The topological polar surface area (TPSA) is 459 Å². The first-order chi connectivity index (χ1) is 56.4. The van der Waals surface area contributed by atoms with Crippen LogP contribution in [0.5, 0.6) is 0 Å². The van der Waals surface area contributed by atoms with Crippen LogP contribution in [0.15, 0.2) is 34.7 Å². The van der Waals surface area contributed by atoms with Gasteiger partial charge in [-0.25, -0.2) is 19.9 Å². The third-order valence-corrected chi connectivity index (χ3v) is 11.6. The minimum absolute atomic E-state index is 0.00728. The quantitative estimate of drug-likeness (QED) is 0.0705. The highest BCUT2D eigenvalue weighted by Crippen LogP contribution is 2.31. The van der Waals surface area contributed by atoms with Gasteiger partial charge in [0.05, 0.1) is 68.3 Å². The van der Waals surface area contributed by atoms with Crippen molar-refractivity contribution in [2.24, 2.45) is 56.6 Å². The average molecular weight is 1320 g/mol. The summed E-state index contributed by atoms with van der Waals surface area (Å²) in [5, 5.41) is 58.5. The van der Waals surface area contributed by atoms with E-state index in [0.717, 1.165) is 12.4 Å². The molecule has 0 radical (unpaired) electrons. The van der Waals surface area contributed by atoms with Gasteiger partial charge in [-0.15, -0.1) is 0 Å². The number of carbonyl (C=O) groups excluding carboxylic acids is 4. The van der Waals surface area contributed by atoms with Gasteiger partial charge in [0.1, 0.15) is 22.6 Å². The predicted molar refractivity (Wildman–Crippen MR) is 358 cm³/mol. The molecule has 4 amide bonds. The minimum Gasteiger partial charge on any atom is -0.393 e. The van der Waals surface area contributed by atoms with Crippen molar-refractivity contribution < 1.29 is 89.0 Å². The normalized spacial score (nSPS) is 41.0. The van der Waals surface area contributed by atoms with E-state index < -0.39 is 257 Å². The maximum Gasteiger partial charge on any atom is 0.254 e. The first-order valence-corrected chi connectivity index (χ1v) is 28.2. The zero-order valence-corrected chi connectivity index (χ0v) is 52.8. The van der Waals surface area contributed by atoms with Gasteiger partial charge in [0, 0.05) is 98.7 Å². The van der Waals surface area contributed by atoms with Crippen LogP contribution in [-0.2, 0) is 0 Å². The summed E-state index contributed by atoms with van der Waals surface area (Å²) in [5.41, 5.74) is 17.0. The molecule has 92 heavy (non-hydrogen) atoms. The molecule has 4 aliphatic rings. The van der Waals surface area contributed by atoms with Crippen LogP contribution in [0.1, 0.15) is 278 Å². The number of aromatic amines is 2. The number of nitrogens with zero attached hydrogens (tertiary/aromatic N) is 8. The summed E-state index contributed by atoms with van der Waals surface area (Å²) >= 11 is 0. The van der Waals surface area contributed by atoms with Crippen molar-refractivity contribution in [1.82, 2.24) is 39.9 Å². The van der Waals surface area contributed by atoms with Crippen molar-refractivity contribution in [3.05, 3.63) is 58.0 Å². The fraction of sp³-hybridized carbons (Fsp3) is 0.688. The number of amides is 4. The molecule has 28 heteroatoms. The molecule has 12 atom stereocenters. The number of H-pyrrole nitrogens is 2. The molecule has 0 aliphatic heterocycles. The van der Waals surface area contributed by atoms with Crippen molar-refractivity contribution in [2.45, 2.75) is 258 Å². The molecule has 8 rings (SSSR count). The van der Waals surface area contributed by atoms with E-state index in [1.165, 1.54) is 0 Å². The highest BCUT2D eigenvalue weighted by atomic mass is 16.3. The van der Waals surface area contributed by atoms with E-state index in [0.29, 0.717) is 0 Å². The summed E-state index contributed by atoms with van der Waals surface area (Å²) in [5.74, 6) is -15.9. The summed E-state index contributed by atoms with van der Waals surface area (Å²) in [6, 6.07) is -8.18. The number of primary amides is 4. The predicted octanol–water partition coefficient (Wildman–Crippen LogP) is 5.83. The van der Waals surface area contributed by atoms with E-state index in [1.54, 1.807) is 41.5 Å². The molecule has 0 saturated heterocycles. The van der Waals surface area contributed by atoms with Gasteiger partial charge in [0.25, 0.3) is 23.6 Å². The number of rotatable bonds is 14. The monoisotopic (exact) mass is 1320 g/mol. The maximum absolute atomic E-state index is 11.9. The van der Waals surface area contributed by atoms with E-state index in [2.05, 4.69) is 76.4 Å². The Morgan fingerprint density at radius 3 is 1.42 bits per heavy atom. The van der Waals surface area contributed by atoms with E-state index >= 15 is 0 Å². The van der Waals surface area contributed by atoms with Gasteiger partial charge in [-0.3, -0.25) is 29.2 Å². The number of nitrogens with two attached hydrogens (primary N) is 4. The van der Waals surface area contributed by atoms with Crippen LogP contribution >= 0.6 is 0 Å². The summed E-state index contributed by atoms with van der Waals surface area (Å²) < 4.78 is 287. The van der Waals surface area contributed by atoms with Gasteiger partial charge in [-0.05, 0) is 183 Å². The van der Waals surface area contributed by atoms with Crippen molar-refractivity contribution in [2.75, 3.05) is 31.9 Å². The number of anilines is 6. The Labute approximate surface area is 592 Å². The third kappa shape index (κ3) is 24.8. The van der Waals surface area contributed by atoms with Gasteiger partial charge < -0.3 is 85.2 Å². The molecule has 12 unspecified atom stereocenters. The van der Waals surface area contributed by atoms with Gasteiger partial charge >= 0.3 is 0 Å². The first-order valence-electron chi connectivity index (χ1n) is 46.2. The molecule has 4 heterocycles. The molecule has 0 bridgehead atoms. The van der Waals surface area contributed by atoms with Crippen LogP contribution in [0.4, 0.5) is 35.4 Å². The summed E-state index contributed by atoms with van der Waals surface area (Å²) in [7, 11) is 0. The van der Waals surface area contributed by atoms with Crippen LogP contribution in [-0.4, -0.2) is 155 Å². The molecular formula is C64H108N20O8. The molecular weight excluding hydrogens is 1180 g/mol. The molecule has 4 aromatic rings. The number of carbonyl (C=O) groups is 4. The smallest absolute Gasteiger partial charge is 0.254 e. The van der Waals surface area contributed by atoms with Crippen LogP contribution in [0.2, 0.25) is 0 Å². The van der Waals surface area contributed by atoms with Crippen molar-refractivity contribution in [3.8, 4) is 0 Å². The Morgan fingerprint density at radius 1 is 0.533 bits per heavy atom. The molecule has 4 aromatic heterocycles.